The number of aryl methyl sites for hydroxylation is 2. The topological polar surface area (TPSA) is 83.6 Å². The lowest BCUT2D eigenvalue weighted by molar-refractivity contribution is -0.137. The molecule has 1 amide bonds. The van der Waals surface area contributed by atoms with Crippen molar-refractivity contribution < 1.29 is 19.2 Å². The van der Waals surface area contributed by atoms with Gasteiger partial charge in [-0.3, -0.25) is 9.59 Å². The SMILES string of the molecule is Cc1noc(C)c1-c1ccc(C(=O)N(C)CC(=O)O)s1. The van der Waals surface area contributed by atoms with Gasteiger partial charge in [0.05, 0.1) is 16.1 Å². The van der Waals surface area contributed by atoms with Gasteiger partial charge in [-0.2, -0.15) is 0 Å². The molecule has 106 valence electrons. The Morgan fingerprint density at radius 3 is 2.65 bits per heavy atom. The minimum absolute atomic E-state index is 0.310. The third-order valence-electron chi connectivity index (χ3n) is 2.82. The normalized spacial score (nSPS) is 10.6. The summed E-state index contributed by atoms with van der Waals surface area (Å²) < 4.78 is 5.10. The number of nitrogens with zero attached hydrogens (tertiary/aromatic N) is 2. The van der Waals surface area contributed by atoms with Gasteiger partial charge in [0.2, 0.25) is 0 Å². The standard InChI is InChI=1S/C13H14N2O4S/c1-7-12(8(2)19-14-7)9-4-5-10(20-9)13(18)15(3)6-11(16)17/h4-5H,6H2,1-3H3,(H,16,17). The van der Waals surface area contributed by atoms with Crippen LogP contribution in [0.5, 0.6) is 0 Å². The average molecular weight is 294 g/mol. The van der Waals surface area contributed by atoms with E-state index < -0.39 is 5.97 Å². The van der Waals surface area contributed by atoms with Gasteiger partial charge in [0.25, 0.3) is 5.91 Å². The summed E-state index contributed by atoms with van der Waals surface area (Å²) in [5, 5.41) is 12.6. The summed E-state index contributed by atoms with van der Waals surface area (Å²) in [4.78, 5) is 25.2. The summed E-state index contributed by atoms with van der Waals surface area (Å²) in [7, 11) is 1.46. The van der Waals surface area contributed by atoms with Crippen molar-refractivity contribution in [1.82, 2.24) is 10.1 Å². The van der Waals surface area contributed by atoms with E-state index in [9.17, 15) is 9.59 Å². The van der Waals surface area contributed by atoms with Crippen molar-refractivity contribution in [3.63, 3.8) is 0 Å². The van der Waals surface area contributed by atoms with Crippen LogP contribution in [0, 0.1) is 13.8 Å². The molecule has 0 atom stereocenters. The first-order valence-corrected chi connectivity index (χ1v) is 6.72. The third kappa shape index (κ3) is 2.72. The molecule has 2 aromatic rings. The van der Waals surface area contributed by atoms with E-state index in [0.717, 1.165) is 16.1 Å². The average Bonchev–Trinajstić information content (AvgIpc) is 2.95. The first kappa shape index (κ1) is 14.3. The van der Waals surface area contributed by atoms with Crippen LogP contribution >= 0.6 is 11.3 Å². The molecule has 0 saturated carbocycles. The number of carbonyl (C=O) groups is 2. The molecule has 0 aliphatic heterocycles. The number of rotatable bonds is 4. The van der Waals surface area contributed by atoms with E-state index in [2.05, 4.69) is 5.16 Å². The Kier molecular flexibility index (Phi) is 3.89. The highest BCUT2D eigenvalue weighted by Crippen LogP contribution is 2.33. The smallest absolute Gasteiger partial charge is 0.323 e. The Bertz CT molecular complexity index is 640. The Morgan fingerprint density at radius 2 is 2.10 bits per heavy atom. The fraction of sp³-hybridized carbons (Fsp3) is 0.308. The van der Waals surface area contributed by atoms with Crippen LogP contribution < -0.4 is 0 Å². The van der Waals surface area contributed by atoms with Gasteiger partial charge in [-0.05, 0) is 26.0 Å². The van der Waals surface area contributed by atoms with Crippen LogP contribution in [0.15, 0.2) is 16.7 Å². The van der Waals surface area contributed by atoms with Gasteiger partial charge in [-0.1, -0.05) is 5.16 Å². The van der Waals surface area contributed by atoms with Crippen LogP contribution in [0.4, 0.5) is 0 Å². The number of carboxylic acids is 1. The molecular weight excluding hydrogens is 280 g/mol. The quantitative estimate of drug-likeness (QED) is 0.934. The molecule has 0 bridgehead atoms. The monoisotopic (exact) mass is 294 g/mol. The van der Waals surface area contributed by atoms with Crippen molar-refractivity contribution in [3.8, 4) is 10.4 Å². The van der Waals surface area contributed by atoms with E-state index in [1.807, 2.05) is 19.9 Å². The molecular formula is C13H14N2O4S. The maximum atomic E-state index is 12.1. The van der Waals surface area contributed by atoms with Gasteiger partial charge >= 0.3 is 5.97 Å². The molecule has 2 aromatic heterocycles. The van der Waals surface area contributed by atoms with Crippen molar-refractivity contribution in [2.75, 3.05) is 13.6 Å². The van der Waals surface area contributed by atoms with E-state index in [1.165, 1.54) is 23.3 Å². The molecule has 7 heteroatoms. The third-order valence-corrected chi connectivity index (χ3v) is 3.91. The zero-order valence-corrected chi connectivity index (χ0v) is 12.2. The van der Waals surface area contributed by atoms with Crippen LogP contribution in [0.3, 0.4) is 0 Å². The van der Waals surface area contributed by atoms with Crippen LogP contribution in [-0.4, -0.2) is 40.6 Å². The van der Waals surface area contributed by atoms with Crippen LogP contribution in [0.1, 0.15) is 21.1 Å². The molecule has 0 unspecified atom stereocenters. The Morgan fingerprint density at radius 1 is 1.40 bits per heavy atom. The van der Waals surface area contributed by atoms with Crippen LogP contribution in [0.2, 0.25) is 0 Å². The molecule has 20 heavy (non-hydrogen) atoms. The predicted molar refractivity (Wildman–Crippen MR) is 73.9 cm³/mol. The zero-order chi connectivity index (χ0) is 14.9. The van der Waals surface area contributed by atoms with Crippen molar-refractivity contribution in [3.05, 3.63) is 28.5 Å². The summed E-state index contributed by atoms with van der Waals surface area (Å²) in [6.07, 6.45) is 0. The summed E-state index contributed by atoms with van der Waals surface area (Å²) in [6.45, 7) is 3.33. The fourth-order valence-electron chi connectivity index (χ4n) is 1.88. The Hall–Kier alpha value is -2.15. The number of aromatic nitrogens is 1. The molecule has 1 N–H and O–H groups in total. The van der Waals surface area contributed by atoms with Crippen molar-refractivity contribution in [2.45, 2.75) is 13.8 Å². The molecule has 2 heterocycles. The molecule has 0 fully saturated rings. The summed E-state index contributed by atoms with van der Waals surface area (Å²) >= 11 is 1.30. The number of hydrogen-bond donors (Lipinski definition) is 1. The summed E-state index contributed by atoms with van der Waals surface area (Å²) in [6, 6.07) is 3.51. The van der Waals surface area contributed by atoms with E-state index in [1.54, 1.807) is 6.07 Å². The highest BCUT2D eigenvalue weighted by Gasteiger charge is 2.19. The second-order valence-corrected chi connectivity index (χ2v) is 5.50. The molecule has 0 aromatic carbocycles. The van der Waals surface area contributed by atoms with Gasteiger partial charge < -0.3 is 14.5 Å². The fourth-order valence-corrected chi connectivity index (χ4v) is 3.03. The van der Waals surface area contributed by atoms with E-state index in [0.29, 0.717) is 10.6 Å². The first-order valence-electron chi connectivity index (χ1n) is 5.90. The lowest BCUT2D eigenvalue weighted by atomic mass is 10.2. The molecule has 0 aliphatic carbocycles. The number of carbonyl (C=O) groups excluding carboxylic acids is 1. The maximum absolute atomic E-state index is 12.1. The van der Waals surface area contributed by atoms with Gasteiger partial charge in [-0.25, -0.2) is 0 Å². The Balaban J connectivity index is 2.25. The number of amides is 1. The lowest BCUT2D eigenvalue weighted by Gasteiger charge is -2.12. The summed E-state index contributed by atoms with van der Waals surface area (Å²) in [5.41, 5.74) is 1.65. The lowest BCUT2D eigenvalue weighted by Crippen LogP contribution is -2.31. The zero-order valence-electron chi connectivity index (χ0n) is 11.3. The molecule has 0 saturated heterocycles. The van der Waals surface area contributed by atoms with Crippen LogP contribution in [0.25, 0.3) is 10.4 Å². The van der Waals surface area contributed by atoms with E-state index in [4.69, 9.17) is 9.63 Å². The molecule has 0 spiro atoms. The highest BCUT2D eigenvalue weighted by molar-refractivity contribution is 7.17. The largest absolute Gasteiger partial charge is 0.480 e. The number of hydrogen-bond acceptors (Lipinski definition) is 5. The molecule has 6 nitrogen and oxygen atoms in total. The Labute approximate surface area is 119 Å². The first-order chi connectivity index (χ1) is 9.40. The van der Waals surface area contributed by atoms with E-state index in [-0.39, 0.29) is 12.5 Å². The number of carboxylic acid groups (broad SMARTS) is 1. The van der Waals surface area contributed by atoms with Gasteiger partial charge in [0.15, 0.2) is 0 Å². The predicted octanol–water partition coefficient (Wildman–Crippen LogP) is 2.18. The summed E-state index contributed by atoms with van der Waals surface area (Å²) in [5.74, 6) is -0.652. The van der Waals surface area contributed by atoms with Crippen molar-refractivity contribution in [2.24, 2.45) is 0 Å². The highest BCUT2D eigenvalue weighted by atomic mass is 32.1. The van der Waals surface area contributed by atoms with E-state index >= 15 is 0 Å². The number of aliphatic carboxylic acids is 1. The van der Waals surface area contributed by atoms with Crippen molar-refractivity contribution >= 4 is 23.2 Å². The van der Waals surface area contributed by atoms with Gasteiger partial charge in [0.1, 0.15) is 12.3 Å². The molecule has 2 rings (SSSR count). The number of thiophene rings is 1. The van der Waals surface area contributed by atoms with Gasteiger partial charge in [0, 0.05) is 11.9 Å². The maximum Gasteiger partial charge on any atom is 0.323 e. The van der Waals surface area contributed by atoms with Crippen molar-refractivity contribution in [1.29, 1.82) is 0 Å². The number of likely N-dealkylation sites (N-methyl/N-ethyl adjacent to an activating group) is 1. The minimum Gasteiger partial charge on any atom is -0.480 e. The molecule has 0 radical (unpaired) electrons. The van der Waals surface area contributed by atoms with Crippen LogP contribution in [-0.2, 0) is 4.79 Å². The molecule has 0 aliphatic rings. The van der Waals surface area contributed by atoms with Gasteiger partial charge in [-0.15, -0.1) is 11.3 Å². The minimum atomic E-state index is -1.04. The second-order valence-electron chi connectivity index (χ2n) is 4.42. The second kappa shape index (κ2) is 5.46.